The topological polar surface area (TPSA) is 32.5 Å². The van der Waals surface area contributed by atoms with E-state index < -0.39 is 0 Å². The second-order valence-corrected chi connectivity index (χ2v) is 6.10. The summed E-state index contributed by atoms with van der Waals surface area (Å²) in [5.41, 5.74) is 8.34. The molecule has 0 bridgehead atoms. The van der Waals surface area contributed by atoms with Gasteiger partial charge in [0.2, 0.25) is 0 Å². The van der Waals surface area contributed by atoms with Crippen molar-refractivity contribution in [2.45, 2.75) is 12.6 Å². The lowest BCUT2D eigenvalue weighted by Gasteiger charge is -2.39. The van der Waals surface area contributed by atoms with E-state index in [4.69, 9.17) is 5.73 Å². The molecule has 23 heavy (non-hydrogen) atoms. The fourth-order valence-electron chi connectivity index (χ4n) is 3.30. The maximum atomic E-state index is 13.3. The summed E-state index contributed by atoms with van der Waals surface area (Å²) in [5, 5.41) is 0. The molecule has 0 spiro atoms. The van der Waals surface area contributed by atoms with Crippen LogP contribution in [0.25, 0.3) is 0 Å². The number of hydrogen-bond donors (Lipinski definition) is 1. The van der Waals surface area contributed by atoms with Crippen LogP contribution in [0.5, 0.6) is 0 Å². The van der Waals surface area contributed by atoms with Crippen LogP contribution in [-0.4, -0.2) is 42.5 Å². The molecule has 3 nitrogen and oxygen atoms in total. The van der Waals surface area contributed by atoms with E-state index >= 15 is 0 Å². The van der Waals surface area contributed by atoms with Gasteiger partial charge in [-0.25, -0.2) is 4.39 Å². The second-order valence-electron chi connectivity index (χ2n) is 6.10. The Bertz CT molecular complexity index is 609. The van der Waals surface area contributed by atoms with E-state index in [9.17, 15) is 4.39 Å². The van der Waals surface area contributed by atoms with Gasteiger partial charge in [0.1, 0.15) is 5.82 Å². The minimum atomic E-state index is -0.159. The van der Waals surface area contributed by atoms with Crippen molar-refractivity contribution < 1.29 is 4.39 Å². The van der Waals surface area contributed by atoms with Gasteiger partial charge in [0, 0.05) is 45.3 Å². The quantitative estimate of drug-likeness (QED) is 0.921. The molecule has 0 aliphatic carbocycles. The molecule has 0 aromatic heterocycles. The summed E-state index contributed by atoms with van der Waals surface area (Å²) < 4.78 is 13.3. The van der Waals surface area contributed by atoms with Crippen LogP contribution in [-0.2, 0) is 6.54 Å². The van der Waals surface area contributed by atoms with E-state index in [-0.39, 0.29) is 11.9 Å². The fraction of sp³-hybridized carbons (Fsp3) is 0.368. The lowest BCUT2D eigenvalue weighted by Crippen LogP contribution is -2.48. The zero-order valence-corrected chi connectivity index (χ0v) is 13.4. The number of nitrogens with zero attached hydrogens (tertiary/aromatic N) is 2. The first kappa shape index (κ1) is 16.1. The van der Waals surface area contributed by atoms with Gasteiger partial charge in [0.05, 0.1) is 0 Å². The molecule has 1 heterocycles. The van der Waals surface area contributed by atoms with Gasteiger partial charge in [-0.2, -0.15) is 0 Å². The molecule has 1 fully saturated rings. The van der Waals surface area contributed by atoms with Crippen molar-refractivity contribution >= 4 is 0 Å². The molecule has 0 amide bonds. The van der Waals surface area contributed by atoms with Gasteiger partial charge in [-0.3, -0.25) is 9.80 Å². The highest BCUT2D eigenvalue weighted by atomic mass is 19.1. The van der Waals surface area contributed by atoms with Crippen LogP contribution < -0.4 is 5.73 Å². The standard InChI is InChI=1S/C19H24FN3/c20-18-8-4-5-16(13-18)15-22-9-11-23(12-10-22)19(14-21)17-6-2-1-3-7-17/h1-8,13,19H,9-12,14-15,21H2/t19-/m0/s1. The molecule has 1 aliphatic rings. The SMILES string of the molecule is NC[C@@H](c1ccccc1)N1CCN(Cc2cccc(F)c2)CC1. The van der Waals surface area contributed by atoms with Crippen molar-refractivity contribution in [3.63, 3.8) is 0 Å². The van der Waals surface area contributed by atoms with Crippen molar-refractivity contribution in [2.24, 2.45) is 5.73 Å². The summed E-state index contributed by atoms with van der Waals surface area (Å²) >= 11 is 0. The molecule has 4 heteroatoms. The zero-order valence-electron chi connectivity index (χ0n) is 13.4. The van der Waals surface area contributed by atoms with Crippen molar-refractivity contribution in [1.29, 1.82) is 0 Å². The Hall–Kier alpha value is -1.75. The first-order valence-electron chi connectivity index (χ1n) is 8.22. The summed E-state index contributed by atoms with van der Waals surface area (Å²) in [4.78, 5) is 4.83. The summed E-state index contributed by atoms with van der Waals surface area (Å²) in [5.74, 6) is -0.159. The van der Waals surface area contributed by atoms with Gasteiger partial charge in [-0.15, -0.1) is 0 Å². The second kappa shape index (κ2) is 7.68. The van der Waals surface area contributed by atoms with Crippen LogP contribution in [0.2, 0.25) is 0 Å². The van der Waals surface area contributed by atoms with E-state index in [2.05, 4.69) is 34.1 Å². The first-order valence-corrected chi connectivity index (χ1v) is 8.22. The van der Waals surface area contributed by atoms with Crippen LogP contribution in [0.1, 0.15) is 17.2 Å². The number of nitrogens with two attached hydrogens (primary N) is 1. The monoisotopic (exact) mass is 313 g/mol. The van der Waals surface area contributed by atoms with Gasteiger partial charge in [0.15, 0.2) is 0 Å². The Balaban J connectivity index is 1.57. The number of rotatable bonds is 5. The molecule has 3 rings (SSSR count). The van der Waals surface area contributed by atoms with Gasteiger partial charge in [-0.05, 0) is 23.3 Å². The molecule has 0 saturated carbocycles. The van der Waals surface area contributed by atoms with Crippen molar-refractivity contribution in [3.05, 3.63) is 71.5 Å². The van der Waals surface area contributed by atoms with Gasteiger partial charge in [-0.1, -0.05) is 42.5 Å². The van der Waals surface area contributed by atoms with E-state index in [1.54, 1.807) is 12.1 Å². The Morgan fingerprint density at radius 2 is 1.70 bits per heavy atom. The molecule has 2 N–H and O–H groups in total. The molecule has 2 aromatic rings. The Morgan fingerprint density at radius 3 is 2.35 bits per heavy atom. The predicted molar refractivity (Wildman–Crippen MR) is 91.5 cm³/mol. The third-order valence-electron chi connectivity index (χ3n) is 4.55. The largest absolute Gasteiger partial charge is 0.329 e. The molecular weight excluding hydrogens is 289 g/mol. The summed E-state index contributed by atoms with van der Waals surface area (Å²) in [6.07, 6.45) is 0. The average Bonchev–Trinajstić information content (AvgIpc) is 2.58. The lowest BCUT2D eigenvalue weighted by molar-refractivity contribution is 0.0941. The Kier molecular flexibility index (Phi) is 5.39. The van der Waals surface area contributed by atoms with Crippen molar-refractivity contribution in [2.75, 3.05) is 32.7 Å². The number of piperazine rings is 1. The van der Waals surface area contributed by atoms with Gasteiger partial charge < -0.3 is 5.73 Å². The number of benzene rings is 2. The van der Waals surface area contributed by atoms with E-state index in [1.165, 1.54) is 11.6 Å². The summed E-state index contributed by atoms with van der Waals surface area (Å²) in [6.45, 7) is 5.40. The van der Waals surface area contributed by atoms with Crippen molar-refractivity contribution in [3.8, 4) is 0 Å². The maximum Gasteiger partial charge on any atom is 0.123 e. The van der Waals surface area contributed by atoms with Crippen LogP contribution >= 0.6 is 0 Å². The van der Waals surface area contributed by atoms with Gasteiger partial charge >= 0.3 is 0 Å². The normalized spacial score (nSPS) is 18.0. The molecule has 1 aliphatic heterocycles. The van der Waals surface area contributed by atoms with Crippen LogP contribution in [0.4, 0.5) is 4.39 Å². The third-order valence-corrected chi connectivity index (χ3v) is 4.55. The van der Waals surface area contributed by atoms with Crippen LogP contribution in [0.15, 0.2) is 54.6 Å². The zero-order chi connectivity index (χ0) is 16.1. The summed E-state index contributed by atoms with van der Waals surface area (Å²) in [7, 11) is 0. The highest BCUT2D eigenvalue weighted by Gasteiger charge is 2.24. The van der Waals surface area contributed by atoms with Crippen LogP contribution in [0, 0.1) is 5.82 Å². The summed E-state index contributed by atoms with van der Waals surface area (Å²) in [6, 6.07) is 17.6. The average molecular weight is 313 g/mol. The molecule has 0 unspecified atom stereocenters. The lowest BCUT2D eigenvalue weighted by atomic mass is 10.0. The smallest absolute Gasteiger partial charge is 0.123 e. The highest BCUT2D eigenvalue weighted by molar-refractivity contribution is 5.20. The predicted octanol–water partition coefficient (Wildman–Crippen LogP) is 2.64. The minimum Gasteiger partial charge on any atom is -0.329 e. The van der Waals surface area contributed by atoms with E-state index in [1.807, 2.05) is 12.1 Å². The van der Waals surface area contributed by atoms with Crippen LogP contribution in [0.3, 0.4) is 0 Å². The number of hydrogen-bond acceptors (Lipinski definition) is 3. The molecule has 122 valence electrons. The molecule has 1 atom stereocenters. The molecule has 1 saturated heterocycles. The number of halogens is 1. The molecule has 0 radical (unpaired) electrons. The fourth-order valence-corrected chi connectivity index (χ4v) is 3.30. The first-order chi connectivity index (χ1) is 11.3. The van der Waals surface area contributed by atoms with E-state index in [0.29, 0.717) is 6.54 Å². The maximum absolute atomic E-state index is 13.3. The third kappa shape index (κ3) is 4.16. The Morgan fingerprint density at radius 1 is 0.957 bits per heavy atom. The van der Waals surface area contributed by atoms with Gasteiger partial charge in [0.25, 0.3) is 0 Å². The molecule has 2 aromatic carbocycles. The molecular formula is C19H24FN3. The van der Waals surface area contributed by atoms with Crippen molar-refractivity contribution in [1.82, 2.24) is 9.80 Å². The minimum absolute atomic E-state index is 0.159. The highest BCUT2D eigenvalue weighted by Crippen LogP contribution is 2.21. The Labute approximate surface area is 137 Å². The van der Waals surface area contributed by atoms with E-state index in [0.717, 1.165) is 38.3 Å².